The lowest BCUT2D eigenvalue weighted by atomic mass is 10.1. The summed E-state index contributed by atoms with van der Waals surface area (Å²) in [6.07, 6.45) is 6.55. The smallest absolute Gasteiger partial charge is 0.119 e. The second-order valence-corrected chi connectivity index (χ2v) is 5.65. The van der Waals surface area contributed by atoms with E-state index >= 15 is 0 Å². The number of hydrogen-bond donors (Lipinski definition) is 0. The Morgan fingerprint density at radius 3 is 2.36 bits per heavy atom. The molecule has 0 radical (unpaired) electrons. The lowest BCUT2D eigenvalue weighted by Gasteiger charge is -2.10. The van der Waals surface area contributed by atoms with Gasteiger partial charge in [0.1, 0.15) is 12.4 Å². The molecule has 0 spiro atoms. The molecule has 0 N–H and O–H groups in total. The lowest BCUT2D eigenvalue weighted by Crippen LogP contribution is -2.19. The summed E-state index contributed by atoms with van der Waals surface area (Å²) in [7, 11) is 4.10. The van der Waals surface area contributed by atoms with Crippen molar-refractivity contribution in [3.8, 4) is 5.75 Å². The standard InChI is InChI=1S/C20H25NO/c1-21(2)16-17-22-20-14-12-19(13-15-20)11-7-6-10-18-8-4-3-5-9-18/h3-5,7-9,11-15H,6,10,16-17H2,1-2H3. The number of allylic oxidation sites excluding steroid dienone is 1. The van der Waals surface area contributed by atoms with Gasteiger partial charge in [0, 0.05) is 6.54 Å². The average Bonchev–Trinajstić information content (AvgIpc) is 2.54. The topological polar surface area (TPSA) is 12.5 Å². The van der Waals surface area contributed by atoms with Gasteiger partial charge in [0.05, 0.1) is 0 Å². The summed E-state index contributed by atoms with van der Waals surface area (Å²) in [5.74, 6) is 0.934. The monoisotopic (exact) mass is 295 g/mol. The maximum atomic E-state index is 5.69. The Hall–Kier alpha value is -2.06. The number of nitrogens with zero attached hydrogens (tertiary/aromatic N) is 1. The van der Waals surface area contributed by atoms with E-state index in [1.54, 1.807) is 0 Å². The van der Waals surface area contributed by atoms with Gasteiger partial charge in [-0.15, -0.1) is 0 Å². The number of rotatable bonds is 8. The van der Waals surface area contributed by atoms with Crippen molar-refractivity contribution in [2.24, 2.45) is 0 Å². The molecular formula is C20H25NO. The molecule has 0 amide bonds. The van der Waals surface area contributed by atoms with Crippen LogP contribution in [-0.4, -0.2) is 32.1 Å². The normalized spacial score (nSPS) is 11.2. The number of benzene rings is 2. The van der Waals surface area contributed by atoms with Crippen LogP contribution in [0.15, 0.2) is 60.7 Å². The zero-order valence-corrected chi connectivity index (χ0v) is 13.5. The number of ether oxygens (including phenoxy) is 1. The van der Waals surface area contributed by atoms with Crippen molar-refractivity contribution < 1.29 is 4.74 Å². The molecule has 0 atom stereocenters. The molecule has 2 aromatic rings. The lowest BCUT2D eigenvalue weighted by molar-refractivity contribution is 0.261. The fourth-order valence-electron chi connectivity index (χ4n) is 2.14. The largest absolute Gasteiger partial charge is 0.492 e. The summed E-state index contributed by atoms with van der Waals surface area (Å²) in [5.41, 5.74) is 2.60. The van der Waals surface area contributed by atoms with Crippen LogP contribution >= 0.6 is 0 Å². The van der Waals surface area contributed by atoms with E-state index in [2.05, 4.69) is 59.5 Å². The molecule has 2 aromatic carbocycles. The first-order valence-electron chi connectivity index (χ1n) is 7.82. The van der Waals surface area contributed by atoms with Gasteiger partial charge in [0.2, 0.25) is 0 Å². The second-order valence-electron chi connectivity index (χ2n) is 5.65. The van der Waals surface area contributed by atoms with E-state index in [1.165, 1.54) is 11.1 Å². The molecule has 0 unspecified atom stereocenters. The van der Waals surface area contributed by atoms with Crippen LogP contribution < -0.4 is 4.74 Å². The van der Waals surface area contributed by atoms with Crippen molar-refractivity contribution in [1.29, 1.82) is 0 Å². The number of aryl methyl sites for hydroxylation is 1. The highest BCUT2D eigenvalue weighted by molar-refractivity contribution is 5.50. The SMILES string of the molecule is CN(C)CCOc1ccc(C=CCCc2ccccc2)cc1. The third kappa shape index (κ3) is 6.15. The van der Waals surface area contributed by atoms with Crippen molar-refractivity contribution >= 4 is 6.08 Å². The molecule has 0 fully saturated rings. The minimum atomic E-state index is 0.721. The van der Waals surface area contributed by atoms with Crippen molar-refractivity contribution in [2.45, 2.75) is 12.8 Å². The van der Waals surface area contributed by atoms with E-state index in [9.17, 15) is 0 Å². The molecule has 0 heterocycles. The summed E-state index contributed by atoms with van der Waals surface area (Å²) in [6.45, 7) is 1.65. The predicted molar refractivity (Wildman–Crippen MR) is 94.3 cm³/mol. The first-order chi connectivity index (χ1) is 10.7. The van der Waals surface area contributed by atoms with Gasteiger partial charge in [-0.2, -0.15) is 0 Å². The molecule has 0 aliphatic carbocycles. The zero-order chi connectivity index (χ0) is 15.6. The Morgan fingerprint density at radius 1 is 0.955 bits per heavy atom. The highest BCUT2D eigenvalue weighted by atomic mass is 16.5. The second kappa shape index (κ2) is 9.06. The van der Waals surface area contributed by atoms with E-state index in [0.717, 1.165) is 31.7 Å². The highest BCUT2D eigenvalue weighted by Crippen LogP contribution is 2.13. The van der Waals surface area contributed by atoms with Gasteiger partial charge in [-0.25, -0.2) is 0 Å². The molecule has 0 saturated heterocycles. The van der Waals surface area contributed by atoms with Gasteiger partial charge in [0.25, 0.3) is 0 Å². The van der Waals surface area contributed by atoms with Crippen molar-refractivity contribution in [3.05, 3.63) is 71.8 Å². The van der Waals surface area contributed by atoms with Crippen LogP contribution in [0.3, 0.4) is 0 Å². The minimum absolute atomic E-state index is 0.721. The van der Waals surface area contributed by atoms with Crippen molar-refractivity contribution in [3.63, 3.8) is 0 Å². The summed E-state index contributed by atoms with van der Waals surface area (Å²) >= 11 is 0. The van der Waals surface area contributed by atoms with Crippen LogP contribution in [0.5, 0.6) is 5.75 Å². The third-order valence-corrected chi connectivity index (χ3v) is 3.44. The average molecular weight is 295 g/mol. The summed E-state index contributed by atoms with van der Waals surface area (Å²) in [5, 5.41) is 0. The Balaban J connectivity index is 1.74. The molecule has 0 aliphatic heterocycles. The van der Waals surface area contributed by atoms with Crippen molar-refractivity contribution in [2.75, 3.05) is 27.2 Å². The Labute approximate surface area is 134 Å². The first kappa shape index (κ1) is 16.3. The molecule has 22 heavy (non-hydrogen) atoms. The van der Waals surface area contributed by atoms with Crippen molar-refractivity contribution in [1.82, 2.24) is 4.90 Å². The van der Waals surface area contributed by atoms with E-state index in [0.29, 0.717) is 0 Å². The van der Waals surface area contributed by atoms with Gasteiger partial charge in [-0.05, 0) is 50.2 Å². The van der Waals surface area contributed by atoms with Gasteiger partial charge in [0.15, 0.2) is 0 Å². The molecule has 2 nitrogen and oxygen atoms in total. The molecule has 0 aromatic heterocycles. The number of hydrogen-bond acceptors (Lipinski definition) is 2. The fourth-order valence-corrected chi connectivity index (χ4v) is 2.14. The summed E-state index contributed by atoms with van der Waals surface area (Å²) in [6, 6.07) is 18.9. The highest BCUT2D eigenvalue weighted by Gasteiger charge is 1.95. The number of likely N-dealkylation sites (N-methyl/N-ethyl adjacent to an activating group) is 1. The minimum Gasteiger partial charge on any atom is -0.492 e. The molecule has 0 saturated carbocycles. The molecular weight excluding hydrogens is 270 g/mol. The van der Waals surface area contributed by atoms with Gasteiger partial charge in [-0.3, -0.25) is 0 Å². The maximum absolute atomic E-state index is 5.69. The van der Waals surface area contributed by atoms with Crippen LogP contribution in [0.2, 0.25) is 0 Å². The summed E-state index contributed by atoms with van der Waals surface area (Å²) < 4.78 is 5.69. The molecule has 116 valence electrons. The quantitative estimate of drug-likeness (QED) is 0.721. The van der Waals surface area contributed by atoms with E-state index in [1.807, 2.05) is 26.2 Å². The van der Waals surface area contributed by atoms with Gasteiger partial charge < -0.3 is 9.64 Å². The van der Waals surface area contributed by atoms with Crippen LogP contribution in [0.25, 0.3) is 6.08 Å². The Morgan fingerprint density at radius 2 is 1.68 bits per heavy atom. The van der Waals surface area contributed by atoms with Gasteiger partial charge >= 0.3 is 0 Å². The predicted octanol–water partition coefficient (Wildman–Crippen LogP) is 4.27. The molecule has 2 heteroatoms. The van der Waals surface area contributed by atoms with Gasteiger partial charge in [-0.1, -0.05) is 54.6 Å². The fraction of sp³-hybridized carbons (Fsp3) is 0.300. The zero-order valence-electron chi connectivity index (χ0n) is 13.5. The van der Waals surface area contributed by atoms with E-state index in [-0.39, 0.29) is 0 Å². The summed E-state index contributed by atoms with van der Waals surface area (Å²) in [4.78, 5) is 2.11. The van der Waals surface area contributed by atoms with Crippen LogP contribution in [-0.2, 0) is 6.42 Å². The third-order valence-electron chi connectivity index (χ3n) is 3.44. The van der Waals surface area contributed by atoms with E-state index < -0.39 is 0 Å². The van der Waals surface area contributed by atoms with Crippen LogP contribution in [0.1, 0.15) is 17.5 Å². The van der Waals surface area contributed by atoms with Crippen LogP contribution in [0, 0.1) is 0 Å². The Kier molecular flexibility index (Phi) is 6.72. The molecule has 2 rings (SSSR count). The molecule has 0 aliphatic rings. The first-order valence-corrected chi connectivity index (χ1v) is 7.82. The van der Waals surface area contributed by atoms with E-state index in [4.69, 9.17) is 4.74 Å². The van der Waals surface area contributed by atoms with Crippen LogP contribution in [0.4, 0.5) is 0 Å². The maximum Gasteiger partial charge on any atom is 0.119 e. The molecule has 0 bridgehead atoms. The Bertz CT molecular complexity index is 558.